The minimum atomic E-state index is -3.98. The molecule has 5 rings (SSSR count). The lowest BCUT2D eigenvalue weighted by Gasteiger charge is -2.10. The lowest BCUT2D eigenvalue weighted by molar-refractivity contribution is 0.385. The number of nitrogens with one attached hydrogen (secondary N) is 1. The molecule has 0 saturated carbocycles. The fourth-order valence-electron chi connectivity index (χ4n) is 3.36. The highest BCUT2D eigenvalue weighted by Crippen LogP contribution is 2.25. The number of nitrogens with zero attached hydrogens (tertiary/aromatic N) is 5. The second kappa shape index (κ2) is 8.52. The molecule has 2 aromatic carbocycles. The summed E-state index contributed by atoms with van der Waals surface area (Å²) < 4.78 is 48.1. The highest BCUT2D eigenvalue weighted by atomic mass is 32.2. The molecule has 3 heterocycles. The Morgan fingerprint density at radius 2 is 1.79 bits per heavy atom. The summed E-state index contributed by atoms with van der Waals surface area (Å²) in [5, 5.41) is 13.0. The van der Waals surface area contributed by atoms with Crippen molar-refractivity contribution in [3.63, 3.8) is 0 Å². The molecule has 0 bridgehead atoms. The normalized spacial score (nSPS) is 11.5. The number of ether oxygens (including phenoxy) is 1. The maximum Gasteiger partial charge on any atom is 0.262 e. The topological polar surface area (TPSA) is 111 Å². The summed E-state index contributed by atoms with van der Waals surface area (Å²) in [6.07, 6.45) is 3.35. The molecule has 9 nitrogen and oxygen atoms in total. The fraction of sp³-hybridized carbons (Fsp3) is 0.0435. The van der Waals surface area contributed by atoms with Crippen LogP contribution in [-0.4, -0.2) is 40.3 Å². The number of benzene rings is 2. The molecule has 0 spiro atoms. The SMILES string of the molecule is COc1ccc(S(=O)(=O)Nc2ccc(-c3ccc4nnc(-c5cccnc5)n4n3)cc2)cc1F. The van der Waals surface area contributed by atoms with Crippen molar-refractivity contribution < 1.29 is 17.5 Å². The number of halogens is 1. The maximum absolute atomic E-state index is 13.9. The number of pyridine rings is 1. The first-order valence-corrected chi connectivity index (χ1v) is 11.5. The van der Waals surface area contributed by atoms with Crippen molar-refractivity contribution in [1.82, 2.24) is 24.8 Å². The van der Waals surface area contributed by atoms with Gasteiger partial charge in [-0.25, -0.2) is 12.8 Å². The van der Waals surface area contributed by atoms with Gasteiger partial charge in [0.15, 0.2) is 23.0 Å². The van der Waals surface area contributed by atoms with Crippen molar-refractivity contribution in [2.24, 2.45) is 0 Å². The number of aromatic nitrogens is 5. The van der Waals surface area contributed by atoms with Crippen LogP contribution in [0.25, 0.3) is 28.3 Å². The van der Waals surface area contributed by atoms with Crippen LogP contribution in [-0.2, 0) is 10.0 Å². The summed E-state index contributed by atoms with van der Waals surface area (Å²) in [6.45, 7) is 0. The largest absolute Gasteiger partial charge is 0.494 e. The van der Waals surface area contributed by atoms with Gasteiger partial charge in [-0.3, -0.25) is 9.71 Å². The highest BCUT2D eigenvalue weighted by molar-refractivity contribution is 7.92. The van der Waals surface area contributed by atoms with Crippen molar-refractivity contribution in [3.05, 3.63) is 84.9 Å². The van der Waals surface area contributed by atoms with E-state index in [9.17, 15) is 12.8 Å². The van der Waals surface area contributed by atoms with Crippen molar-refractivity contribution in [1.29, 1.82) is 0 Å². The van der Waals surface area contributed by atoms with E-state index < -0.39 is 15.8 Å². The Hall–Kier alpha value is -4.38. The molecular formula is C23H17FN6O3S. The predicted molar refractivity (Wildman–Crippen MR) is 123 cm³/mol. The zero-order chi connectivity index (χ0) is 23.7. The van der Waals surface area contributed by atoms with E-state index in [1.54, 1.807) is 59.4 Å². The second-order valence-corrected chi connectivity index (χ2v) is 8.92. The quantitative estimate of drug-likeness (QED) is 0.397. The lowest BCUT2D eigenvalue weighted by Crippen LogP contribution is -2.13. The Bertz CT molecular complexity index is 1590. The van der Waals surface area contributed by atoms with Crippen LogP contribution in [0.3, 0.4) is 0 Å². The number of sulfonamides is 1. The van der Waals surface area contributed by atoms with Crippen molar-refractivity contribution >= 4 is 21.4 Å². The molecule has 0 fully saturated rings. The number of anilines is 1. The molecule has 170 valence electrons. The minimum Gasteiger partial charge on any atom is -0.494 e. The van der Waals surface area contributed by atoms with Crippen LogP contribution in [0.4, 0.5) is 10.1 Å². The van der Waals surface area contributed by atoms with E-state index in [4.69, 9.17) is 4.74 Å². The number of hydrogen-bond donors (Lipinski definition) is 1. The number of hydrogen-bond acceptors (Lipinski definition) is 7. The van der Waals surface area contributed by atoms with E-state index in [1.165, 1.54) is 19.2 Å². The molecule has 0 aliphatic carbocycles. The van der Waals surface area contributed by atoms with Crippen LogP contribution < -0.4 is 9.46 Å². The van der Waals surface area contributed by atoms with Gasteiger partial charge in [-0.1, -0.05) is 12.1 Å². The van der Waals surface area contributed by atoms with Gasteiger partial charge in [0.05, 0.1) is 17.7 Å². The van der Waals surface area contributed by atoms with E-state index in [0.29, 0.717) is 22.9 Å². The molecule has 34 heavy (non-hydrogen) atoms. The summed E-state index contributed by atoms with van der Waals surface area (Å²) in [4.78, 5) is 3.90. The van der Waals surface area contributed by atoms with Crippen molar-refractivity contribution in [3.8, 4) is 28.4 Å². The average Bonchev–Trinajstić information content (AvgIpc) is 3.28. The van der Waals surface area contributed by atoms with Crippen LogP contribution in [0.2, 0.25) is 0 Å². The Morgan fingerprint density at radius 1 is 0.971 bits per heavy atom. The first kappa shape index (κ1) is 21.5. The number of methoxy groups -OCH3 is 1. The van der Waals surface area contributed by atoms with Crippen LogP contribution >= 0.6 is 0 Å². The Morgan fingerprint density at radius 3 is 2.50 bits per heavy atom. The molecule has 0 atom stereocenters. The van der Waals surface area contributed by atoms with Gasteiger partial charge in [-0.05, 0) is 54.6 Å². The van der Waals surface area contributed by atoms with E-state index in [2.05, 4.69) is 25.0 Å². The molecule has 0 amide bonds. The Labute approximate surface area is 193 Å². The predicted octanol–water partition coefficient (Wildman–Crippen LogP) is 3.80. The molecular weight excluding hydrogens is 459 g/mol. The average molecular weight is 476 g/mol. The van der Waals surface area contributed by atoms with Gasteiger partial charge in [0.25, 0.3) is 10.0 Å². The Kier molecular flexibility index (Phi) is 5.38. The molecule has 0 unspecified atom stereocenters. The van der Waals surface area contributed by atoms with Gasteiger partial charge in [-0.15, -0.1) is 10.2 Å². The van der Waals surface area contributed by atoms with E-state index >= 15 is 0 Å². The minimum absolute atomic E-state index is 0.0347. The number of fused-ring (bicyclic) bond motifs is 1. The molecule has 1 N–H and O–H groups in total. The number of rotatable bonds is 6. The molecule has 3 aromatic heterocycles. The van der Waals surface area contributed by atoms with Crippen LogP contribution in [0.1, 0.15) is 0 Å². The lowest BCUT2D eigenvalue weighted by atomic mass is 10.1. The highest BCUT2D eigenvalue weighted by Gasteiger charge is 2.17. The van der Waals surface area contributed by atoms with Crippen LogP contribution in [0, 0.1) is 5.82 Å². The van der Waals surface area contributed by atoms with Crippen LogP contribution in [0.15, 0.2) is 84.0 Å². The third-order valence-corrected chi connectivity index (χ3v) is 6.43. The van der Waals surface area contributed by atoms with Crippen molar-refractivity contribution in [2.45, 2.75) is 4.90 Å². The van der Waals surface area contributed by atoms with Gasteiger partial charge in [-0.2, -0.15) is 9.61 Å². The summed E-state index contributed by atoms with van der Waals surface area (Å²) in [6, 6.07) is 17.4. The van der Waals surface area contributed by atoms with Gasteiger partial charge >= 0.3 is 0 Å². The maximum atomic E-state index is 13.9. The smallest absolute Gasteiger partial charge is 0.262 e. The third-order valence-electron chi connectivity index (χ3n) is 5.05. The molecule has 5 aromatic rings. The summed E-state index contributed by atoms with van der Waals surface area (Å²) in [5.74, 6) is -0.240. The van der Waals surface area contributed by atoms with Gasteiger partial charge in [0.1, 0.15) is 0 Å². The summed E-state index contributed by atoms with van der Waals surface area (Å²) >= 11 is 0. The summed E-state index contributed by atoms with van der Waals surface area (Å²) in [7, 11) is -2.68. The first-order chi connectivity index (χ1) is 16.4. The van der Waals surface area contributed by atoms with E-state index in [-0.39, 0.29) is 10.6 Å². The van der Waals surface area contributed by atoms with E-state index in [0.717, 1.165) is 17.2 Å². The zero-order valence-corrected chi connectivity index (χ0v) is 18.6. The van der Waals surface area contributed by atoms with Crippen LogP contribution in [0.5, 0.6) is 5.75 Å². The second-order valence-electron chi connectivity index (χ2n) is 7.23. The molecule has 11 heteroatoms. The fourth-order valence-corrected chi connectivity index (χ4v) is 4.43. The van der Waals surface area contributed by atoms with Gasteiger partial charge < -0.3 is 4.74 Å². The zero-order valence-electron chi connectivity index (χ0n) is 17.8. The molecule has 0 aliphatic heterocycles. The molecule has 0 aliphatic rings. The Balaban J connectivity index is 1.41. The first-order valence-electron chi connectivity index (χ1n) is 10.0. The summed E-state index contributed by atoms with van der Waals surface area (Å²) in [5.41, 5.74) is 3.08. The van der Waals surface area contributed by atoms with Gasteiger partial charge in [0.2, 0.25) is 0 Å². The molecule has 0 radical (unpaired) electrons. The van der Waals surface area contributed by atoms with Crippen molar-refractivity contribution in [2.75, 3.05) is 11.8 Å². The van der Waals surface area contributed by atoms with Gasteiger partial charge in [0, 0.05) is 29.2 Å². The third kappa shape index (κ3) is 4.04. The standard InChI is InChI=1S/C23H17FN6O3S/c1-33-21-10-8-18(13-19(21)24)34(31,32)29-17-6-4-15(5-7-17)20-9-11-22-26-27-23(30(22)28-20)16-3-2-12-25-14-16/h2-14,29H,1H3. The molecule has 0 saturated heterocycles. The van der Waals surface area contributed by atoms with E-state index in [1.807, 2.05) is 6.07 Å². The monoisotopic (exact) mass is 476 g/mol.